The number of hydrogen-bond acceptors (Lipinski definition) is 6. The largest absolute Gasteiger partial charge is 0.447 e. The van der Waals surface area contributed by atoms with Gasteiger partial charge in [0.2, 0.25) is 6.10 Å². The minimum absolute atomic E-state index is 0.0150. The van der Waals surface area contributed by atoms with Crippen LogP contribution in [0.25, 0.3) is 0 Å². The number of carbonyl (C=O) groups is 5. The maximum Gasteiger partial charge on any atom is 0.303 e. The summed E-state index contributed by atoms with van der Waals surface area (Å²) >= 11 is 0. The SMILES string of the molecule is CC(=O)O[C@H](C(=O)Nc1cccc2c1C(=O)C(=O)NC2=O)c1ccccc1. The fourth-order valence-corrected chi connectivity index (χ4v) is 2.70. The van der Waals surface area contributed by atoms with Gasteiger partial charge in [-0.25, -0.2) is 0 Å². The molecule has 0 fully saturated rings. The van der Waals surface area contributed by atoms with Crippen molar-refractivity contribution in [2.24, 2.45) is 0 Å². The van der Waals surface area contributed by atoms with Crippen molar-refractivity contribution >= 4 is 35.2 Å². The van der Waals surface area contributed by atoms with Crippen LogP contribution in [-0.4, -0.2) is 29.5 Å². The minimum Gasteiger partial charge on any atom is -0.447 e. The van der Waals surface area contributed by atoms with Gasteiger partial charge in [-0.1, -0.05) is 36.4 Å². The second-order valence-corrected chi connectivity index (χ2v) is 5.73. The lowest BCUT2D eigenvalue weighted by Crippen LogP contribution is -2.42. The molecule has 1 atom stereocenters. The van der Waals surface area contributed by atoms with E-state index in [4.69, 9.17) is 4.74 Å². The number of fused-ring (bicyclic) bond motifs is 1. The zero-order chi connectivity index (χ0) is 19.6. The Balaban J connectivity index is 1.97. The first-order chi connectivity index (χ1) is 12.9. The molecule has 1 heterocycles. The minimum atomic E-state index is -1.26. The van der Waals surface area contributed by atoms with E-state index in [9.17, 15) is 24.0 Å². The summed E-state index contributed by atoms with van der Waals surface area (Å²) in [6.07, 6.45) is -1.26. The molecule has 2 aromatic rings. The van der Waals surface area contributed by atoms with E-state index in [2.05, 4.69) is 5.32 Å². The summed E-state index contributed by atoms with van der Waals surface area (Å²) in [4.78, 5) is 59.9. The Kier molecular flexibility index (Phi) is 4.80. The zero-order valence-electron chi connectivity index (χ0n) is 14.1. The van der Waals surface area contributed by atoms with E-state index >= 15 is 0 Å². The lowest BCUT2D eigenvalue weighted by Gasteiger charge is -2.20. The highest BCUT2D eigenvalue weighted by molar-refractivity contribution is 6.50. The Morgan fingerprint density at radius 1 is 0.963 bits per heavy atom. The molecule has 1 aliphatic heterocycles. The molecule has 0 spiro atoms. The van der Waals surface area contributed by atoms with Gasteiger partial charge >= 0.3 is 5.97 Å². The van der Waals surface area contributed by atoms with Gasteiger partial charge in [0.25, 0.3) is 23.5 Å². The molecule has 2 N–H and O–H groups in total. The number of carbonyl (C=O) groups excluding carboxylic acids is 5. The zero-order valence-corrected chi connectivity index (χ0v) is 14.1. The summed E-state index contributed by atoms with van der Waals surface area (Å²) in [5.74, 6) is -4.14. The Hall–Kier alpha value is -3.81. The summed E-state index contributed by atoms with van der Waals surface area (Å²) in [5.41, 5.74) is 0.185. The highest BCUT2D eigenvalue weighted by Gasteiger charge is 2.34. The van der Waals surface area contributed by atoms with Crippen LogP contribution < -0.4 is 10.6 Å². The predicted octanol–water partition coefficient (Wildman–Crippen LogP) is 1.38. The van der Waals surface area contributed by atoms with Gasteiger partial charge in [0, 0.05) is 12.5 Å². The van der Waals surface area contributed by atoms with E-state index in [1.54, 1.807) is 30.3 Å². The number of benzene rings is 2. The molecular formula is C19H14N2O6. The number of esters is 1. The van der Waals surface area contributed by atoms with Gasteiger partial charge in [-0.2, -0.15) is 0 Å². The summed E-state index contributed by atoms with van der Waals surface area (Å²) in [7, 11) is 0. The van der Waals surface area contributed by atoms with E-state index in [-0.39, 0.29) is 16.8 Å². The summed E-state index contributed by atoms with van der Waals surface area (Å²) in [6.45, 7) is 1.17. The molecule has 27 heavy (non-hydrogen) atoms. The van der Waals surface area contributed by atoms with Gasteiger partial charge in [-0.15, -0.1) is 0 Å². The second-order valence-electron chi connectivity index (χ2n) is 5.73. The average Bonchev–Trinajstić information content (AvgIpc) is 2.64. The standard InChI is InChI=1S/C19H14N2O6/c1-10(22)27-16(11-6-3-2-4-7-11)19(26)20-13-9-5-8-12-14(13)15(23)18(25)21-17(12)24/h2-9,16H,1H3,(H,20,26)(H,21,24,25)/t16-/m0/s1. The normalized spacial score (nSPS) is 14.0. The molecular weight excluding hydrogens is 352 g/mol. The number of amides is 3. The van der Waals surface area contributed by atoms with Crippen LogP contribution in [0.2, 0.25) is 0 Å². The molecule has 0 saturated carbocycles. The molecule has 8 heteroatoms. The summed E-state index contributed by atoms with van der Waals surface area (Å²) < 4.78 is 5.10. The lowest BCUT2D eigenvalue weighted by atomic mass is 9.96. The van der Waals surface area contributed by atoms with Crippen molar-refractivity contribution in [2.45, 2.75) is 13.0 Å². The molecule has 8 nitrogen and oxygen atoms in total. The van der Waals surface area contributed by atoms with Crippen molar-refractivity contribution in [1.82, 2.24) is 5.32 Å². The highest BCUT2D eigenvalue weighted by Crippen LogP contribution is 2.26. The predicted molar refractivity (Wildman–Crippen MR) is 92.8 cm³/mol. The fourth-order valence-electron chi connectivity index (χ4n) is 2.70. The van der Waals surface area contributed by atoms with Gasteiger partial charge in [-0.3, -0.25) is 29.3 Å². The third kappa shape index (κ3) is 3.59. The van der Waals surface area contributed by atoms with Crippen molar-refractivity contribution in [3.8, 4) is 0 Å². The number of Topliss-reactive ketones (excluding diaryl/α,β-unsaturated/α-hetero) is 1. The molecule has 0 unspecified atom stereocenters. The Morgan fingerprint density at radius 2 is 1.67 bits per heavy atom. The topological polar surface area (TPSA) is 119 Å². The van der Waals surface area contributed by atoms with Gasteiger partial charge in [0.1, 0.15) is 0 Å². The molecule has 0 radical (unpaired) electrons. The van der Waals surface area contributed by atoms with Crippen LogP contribution in [-0.2, 0) is 19.1 Å². The van der Waals surface area contributed by atoms with Crippen molar-refractivity contribution in [3.05, 3.63) is 65.2 Å². The Morgan fingerprint density at radius 3 is 2.33 bits per heavy atom. The lowest BCUT2D eigenvalue weighted by molar-refractivity contribution is -0.152. The van der Waals surface area contributed by atoms with Gasteiger partial charge < -0.3 is 10.1 Å². The number of rotatable bonds is 4. The molecule has 0 bridgehead atoms. The molecule has 0 aliphatic carbocycles. The van der Waals surface area contributed by atoms with Crippen molar-refractivity contribution in [2.75, 3.05) is 5.32 Å². The molecule has 1 aliphatic rings. The molecule has 3 rings (SSSR count). The third-order valence-corrected chi connectivity index (χ3v) is 3.85. The van der Waals surface area contributed by atoms with Crippen LogP contribution in [0.15, 0.2) is 48.5 Å². The smallest absolute Gasteiger partial charge is 0.303 e. The quantitative estimate of drug-likeness (QED) is 0.479. The van der Waals surface area contributed by atoms with Crippen molar-refractivity contribution in [1.29, 1.82) is 0 Å². The average molecular weight is 366 g/mol. The van der Waals surface area contributed by atoms with E-state index in [0.717, 1.165) is 0 Å². The maximum atomic E-state index is 12.7. The molecule has 0 aromatic heterocycles. The molecule has 0 saturated heterocycles. The van der Waals surface area contributed by atoms with Gasteiger partial charge in [0.15, 0.2) is 0 Å². The van der Waals surface area contributed by atoms with E-state index < -0.39 is 35.6 Å². The van der Waals surface area contributed by atoms with Crippen LogP contribution >= 0.6 is 0 Å². The fraction of sp³-hybridized carbons (Fsp3) is 0.105. The van der Waals surface area contributed by atoms with E-state index in [1.807, 2.05) is 5.32 Å². The Bertz CT molecular complexity index is 967. The summed E-state index contributed by atoms with van der Waals surface area (Å²) in [6, 6.07) is 12.5. The summed E-state index contributed by atoms with van der Waals surface area (Å²) in [5, 5.41) is 4.41. The van der Waals surface area contributed by atoms with Gasteiger partial charge in [-0.05, 0) is 12.1 Å². The van der Waals surface area contributed by atoms with Crippen LogP contribution in [0.4, 0.5) is 5.69 Å². The number of imide groups is 1. The number of ether oxygens (including phenoxy) is 1. The monoisotopic (exact) mass is 366 g/mol. The van der Waals surface area contributed by atoms with Crippen molar-refractivity contribution in [3.63, 3.8) is 0 Å². The molecule has 2 aromatic carbocycles. The first kappa shape index (κ1) is 18.0. The second kappa shape index (κ2) is 7.20. The van der Waals surface area contributed by atoms with Crippen LogP contribution in [0.3, 0.4) is 0 Å². The van der Waals surface area contributed by atoms with Crippen LogP contribution in [0.1, 0.15) is 39.3 Å². The number of anilines is 1. The van der Waals surface area contributed by atoms with Crippen LogP contribution in [0, 0.1) is 0 Å². The van der Waals surface area contributed by atoms with Gasteiger partial charge in [0.05, 0.1) is 16.8 Å². The Labute approximate surface area is 153 Å². The molecule has 136 valence electrons. The molecule has 3 amide bonds. The highest BCUT2D eigenvalue weighted by atomic mass is 16.5. The number of hydrogen-bond donors (Lipinski definition) is 2. The third-order valence-electron chi connectivity index (χ3n) is 3.85. The first-order valence-electron chi connectivity index (χ1n) is 7.94. The van der Waals surface area contributed by atoms with Crippen LogP contribution in [0.5, 0.6) is 0 Å². The maximum absolute atomic E-state index is 12.7. The first-order valence-corrected chi connectivity index (χ1v) is 7.94. The van der Waals surface area contributed by atoms with E-state index in [0.29, 0.717) is 5.56 Å². The number of ketones is 1. The van der Waals surface area contributed by atoms with Crippen molar-refractivity contribution < 1.29 is 28.7 Å². The number of nitrogens with one attached hydrogen (secondary N) is 2. The van der Waals surface area contributed by atoms with E-state index in [1.165, 1.54) is 25.1 Å².